The number of methoxy groups -OCH3 is 4. The number of esters is 1. The van der Waals surface area contributed by atoms with E-state index >= 15 is 0 Å². The lowest BCUT2D eigenvalue weighted by Gasteiger charge is -2.14. The molecule has 0 saturated carbocycles. The van der Waals surface area contributed by atoms with E-state index in [0.717, 1.165) is 5.56 Å². The van der Waals surface area contributed by atoms with Gasteiger partial charge in [-0.05, 0) is 42.3 Å². The van der Waals surface area contributed by atoms with Crippen molar-refractivity contribution in [1.29, 1.82) is 0 Å². The maximum atomic E-state index is 12.4. The number of hydrogen-bond donors (Lipinski definition) is 2. The standard InChI is InChI=1S/C22H26N2O7/c1-28-17-10-14(11-18(29-2)21(17)31-4)8-9-19(25)24-16-7-5-6-15(12-16)22(27)23-13-20(26)30-3/h5-7,10-12H,8-9,13H2,1-4H3,(H,23,27)(H,24,25). The van der Waals surface area contributed by atoms with Gasteiger partial charge >= 0.3 is 5.97 Å². The Balaban J connectivity index is 1.99. The molecule has 0 unspecified atom stereocenters. The molecule has 0 saturated heterocycles. The molecule has 2 rings (SSSR count). The van der Waals surface area contributed by atoms with E-state index in [1.165, 1.54) is 34.5 Å². The van der Waals surface area contributed by atoms with Gasteiger partial charge in [0.05, 0.1) is 28.4 Å². The minimum absolute atomic E-state index is 0.206. The van der Waals surface area contributed by atoms with Gasteiger partial charge in [-0.15, -0.1) is 0 Å². The van der Waals surface area contributed by atoms with Gasteiger partial charge in [0.15, 0.2) is 11.5 Å². The van der Waals surface area contributed by atoms with Crippen LogP contribution in [0.15, 0.2) is 36.4 Å². The first kappa shape index (κ1) is 23.5. The first-order valence-electron chi connectivity index (χ1n) is 9.45. The normalized spacial score (nSPS) is 10.1. The number of rotatable bonds is 10. The Labute approximate surface area is 180 Å². The zero-order valence-electron chi connectivity index (χ0n) is 17.9. The van der Waals surface area contributed by atoms with Crippen LogP contribution in [-0.2, 0) is 20.7 Å². The molecule has 2 N–H and O–H groups in total. The third kappa shape index (κ3) is 6.63. The molecule has 0 heterocycles. The Morgan fingerprint density at radius 3 is 2.16 bits per heavy atom. The topological polar surface area (TPSA) is 112 Å². The van der Waals surface area contributed by atoms with Crippen molar-refractivity contribution in [3.63, 3.8) is 0 Å². The van der Waals surface area contributed by atoms with Crippen LogP contribution in [0.3, 0.4) is 0 Å². The molecule has 166 valence electrons. The zero-order valence-corrected chi connectivity index (χ0v) is 17.9. The third-order valence-electron chi connectivity index (χ3n) is 4.39. The van der Waals surface area contributed by atoms with Gasteiger partial charge in [-0.25, -0.2) is 0 Å². The molecule has 31 heavy (non-hydrogen) atoms. The van der Waals surface area contributed by atoms with Gasteiger partial charge in [0.2, 0.25) is 11.7 Å². The molecule has 0 aliphatic carbocycles. The van der Waals surface area contributed by atoms with Gasteiger partial charge in [0, 0.05) is 17.7 Å². The second-order valence-electron chi connectivity index (χ2n) is 6.42. The predicted octanol–water partition coefficient (Wildman–Crippen LogP) is 2.19. The Hall–Kier alpha value is -3.75. The lowest BCUT2D eigenvalue weighted by Crippen LogP contribution is -2.30. The number of hydrogen-bond acceptors (Lipinski definition) is 7. The average Bonchev–Trinajstić information content (AvgIpc) is 2.80. The van der Waals surface area contributed by atoms with Crippen molar-refractivity contribution in [2.75, 3.05) is 40.3 Å². The smallest absolute Gasteiger partial charge is 0.325 e. The fourth-order valence-corrected chi connectivity index (χ4v) is 2.83. The molecule has 2 amide bonds. The number of nitrogens with one attached hydrogen (secondary N) is 2. The van der Waals surface area contributed by atoms with E-state index in [4.69, 9.17) is 14.2 Å². The summed E-state index contributed by atoms with van der Waals surface area (Å²) in [5.41, 5.74) is 1.63. The Kier molecular flexibility index (Phi) is 8.68. The van der Waals surface area contributed by atoms with Crippen LogP contribution in [0.2, 0.25) is 0 Å². The minimum Gasteiger partial charge on any atom is -0.493 e. The lowest BCUT2D eigenvalue weighted by atomic mass is 10.1. The highest BCUT2D eigenvalue weighted by molar-refractivity contribution is 5.98. The number of anilines is 1. The summed E-state index contributed by atoms with van der Waals surface area (Å²) in [4.78, 5) is 35.7. The van der Waals surface area contributed by atoms with Gasteiger partial charge in [-0.3, -0.25) is 14.4 Å². The van der Waals surface area contributed by atoms with Crippen LogP contribution in [0.25, 0.3) is 0 Å². The van der Waals surface area contributed by atoms with Crippen molar-refractivity contribution < 1.29 is 33.3 Å². The summed E-state index contributed by atoms with van der Waals surface area (Å²) in [7, 11) is 5.82. The van der Waals surface area contributed by atoms with Crippen molar-refractivity contribution in [2.45, 2.75) is 12.8 Å². The van der Waals surface area contributed by atoms with Gasteiger partial charge in [0.25, 0.3) is 5.91 Å². The lowest BCUT2D eigenvalue weighted by molar-refractivity contribution is -0.139. The Bertz CT molecular complexity index is 918. The van der Waals surface area contributed by atoms with Crippen molar-refractivity contribution in [2.24, 2.45) is 0 Å². The van der Waals surface area contributed by atoms with E-state index in [1.54, 1.807) is 30.3 Å². The second-order valence-corrected chi connectivity index (χ2v) is 6.42. The fourth-order valence-electron chi connectivity index (χ4n) is 2.83. The number of ether oxygens (including phenoxy) is 4. The van der Waals surface area contributed by atoms with E-state index in [2.05, 4.69) is 15.4 Å². The summed E-state index contributed by atoms with van der Waals surface area (Å²) in [6.45, 7) is -0.235. The van der Waals surface area contributed by atoms with E-state index in [1.807, 2.05) is 0 Å². The second kappa shape index (κ2) is 11.4. The SMILES string of the molecule is COC(=O)CNC(=O)c1cccc(NC(=O)CCc2cc(OC)c(OC)c(OC)c2)c1. The van der Waals surface area contributed by atoms with Crippen LogP contribution >= 0.6 is 0 Å². The highest BCUT2D eigenvalue weighted by Gasteiger charge is 2.14. The first-order chi connectivity index (χ1) is 14.9. The van der Waals surface area contributed by atoms with Crippen LogP contribution in [0.4, 0.5) is 5.69 Å². The molecule has 2 aromatic rings. The van der Waals surface area contributed by atoms with Crippen molar-refractivity contribution in [3.8, 4) is 17.2 Å². The Morgan fingerprint density at radius 1 is 0.903 bits per heavy atom. The maximum absolute atomic E-state index is 12.4. The van der Waals surface area contributed by atoms with Gasteiger partial charge in [0.1, 0.15) is 6.54 Å². The molecular weight excluding hydrogens is 404 g/mol. The number of amides is 2. The van der Waals surface area contributed by atoms with Crippen LogP contribution in [0, 0.1) is 0 Å². The molecule has 0 aliphatic heterocycles. The Morgan fingerprint density at radius 2 is 1.58 bits per heavy atom. The first-order valence-corrected chi connectivity index (χ1v) is 9.45. The molecule has 0 radical (unpaired) electrons. The summed E-state index contributed by atoms with van der Waals surface area (Å²) in [6.07, 6.45) is 0.652. The summed E-state index contributed by atoms with van der Waals surface area (Å²) in [6, 6.07) is 10.0. The summed E-state index contributed by atoms with van der Waals surface area (Å²) in [5, 5.41) is 5.21. The minimum atomic E-state index is -0.551. The molecule has 2 aromatic carbocycles. The molecule has 0 fully saturated rings. The van der Waals surface area contributed by atoms with Gasteiger partial charge in [-0.1, -0.05) is 6.07 Å². The number of carbonyl (C=O) groups is 3. The highest BCUT2D eigenvalue weighted by atomic mass is 16.5. The molecular formula is C22H26N2O7. The van der Waals surface area contributed by atoms with Crippen LogP contribution < -0.4 is 24.8 Å². The molecule has 9 heteroatoms. The highest BCUT2D eigenvalue weighted by Crippen LogP contribution is 2.38. The predicted molar refractivity (Wildman–Crippen MR) is 114 cm³/mol. The van der Waals surface area contributed by atoms with Crippen molar-refractivity contribution in [3.05, 3.63) is 47.5 Å². The summed E-state index contributed by atoms with van der Waals surface area (Å²) in [5.74, 6) is 0.302. The van der Waals surface area contributed by atoms with E-state index in [0.29, 0.717) is 34.9 Å². The van der Waals surface area contributed by atoms with E-state index < -0.39 is 11.9 Å². The number of carbonyl (C=O) groups excluding carboxylic acids is 3. The third-order valence-corrected chi connectivity index (χ3v) is 4.39. The molecule has 0 bridgehead atoms. The molecule has 0 atom stereocenters. The maximum Gasteiger partial charge on any atom is 0.325 e. The number of aryl methyl sites for hydroxylation is 1. The largest absolute Gasteiger partial charge is 0.493 e. The van der Waals surface area contributed by atoms with E-state index in [-0.39, 0.29) is 18.9 Å². The van der Waals surface area contributed by atoms with E-state index in [9.17, 15) is 14.4 Å². The van der Waals surface area contributed by atoms with Gasteiger partial charge < -0.3 is 29.6 Å². The average molecular weight is 430 g/mol. The van der Waals surface area contributed by atoms with Crippen molar-refractivity contribution in [1.82, 2.24) is 5.32 Å². The monoisotopic (exact) mass is 430 g/mol. The van der Waals surface area contributed by atoms with Gasteiger partial charge in [-0.2, -0.15) is 0 Å². The van der Waals surface area contributed by atoms with Crippen LogP contribution in [0.5, 0.6) is 17.2 Å². The zero-order chi connectivity index (χ0) is 22.8. The fraction of sp³-hybridized carbons (Fsp3) is 0.318. The van der Waals surface area contributed by atoms with Crippen LogP contribution in [0.1, 0.15) is 22.3 Å². The molecule has 9 nitrogen and oxygen atoms in total. The molecule has 0 aliphatic rings. The molecule has 0 spiro atoms. The van der Waals surface area contributed by atoms with Crippen LogP contribution in [-0.4, -0.2) is 52.8 Å². The van der Waals surface area contributed by atoms with Crippen molar-refractivity contribution >= 4 is 23.5 Å². The summed E-state index contributed by atoms with van der Waals surface area (Å²) < 4.78 is 20.4. The number of benzene rings is 2. The quantitative estimate of drug-likeness (QED) is 0.556. The molecule has 0 aromatic heterocycles. The summed E-state index contributed by atoms with van der Waals surface area (Å²) >= 11 is 0.